The number of halogens is 3. The van der Waals surface area contributed by atoms with Crippen LogP contribution in [0.3, 0.4) is 0 Å². The van der Waals surface area contributed by atoms with Crippen molar-refractivity contribution in [3.8, 4) is 5.75 Å². The average Bonchev–Trinajstić information content (AvgIpc) is 2.75. The van der Waals surface area contributed by atoms with Gasteiger partial charge in [0.15, 0.2) is 10.8 Å². The summed E-state index contributed by atoms with van der Waals surface area (Å²) in [5.74, 6) is 0.119. The van der Waals surface area contributed by atoms with Gasteiger partial charge in [-0.05, 0) is 23.8 Å². The van der Waals surface area contributed by atoms with Crippen LogP contribution in [0.25, 0.3) is 0 Å². The van der Waals surface area contributed by atoms with E-state index in [0.29, 0.717) is 13.2 Å². The van der Waals surface area contributed by atoms with Crippen LogP contribution >= 0.6 is 34.8 Å². The molecule has 0 aliphatic carbocycles. The topological polar surface area (TPSA) is 102 Å². The highest BCUT2D eigenvalue weighted by molar-refractivity contribution is 6.46. The van der Waals surface area contributed by atoms with Gasteiger partial charge in [-0.15, -0.1) is 0 Å². The summed E-state index contributed by atoms with van der Waals surface area (Å²) in [5.41, 5.74) is 9.70. The third kappa shape index (κ3) is 5.33. The highest BCUT2D eigenvalue weighted by Gasteiger charge is 2.19. The molecule has 3 rings (SSSR count). The molecule has 1 aliphatic heterocycles. The quantitative estimate of drug-likeness (QED) is 0.380. The van der Waals surface area contributed by atoms with E-state index in [9.17, 15) is 4.79 Å². The highest BCUT2D eigenvalue weighted by Crippen LogP contribution is 2.34. The van der Waals surface area contributed by atoms with E-state index in [1.807, 2.05) is 18.2 Å². The Bertz CT molecular complexity index is 965. The van der Waals surface area contributed by atoms with Crippen molar-refractivity contribution in [1.29, 1.82) is 0 Å². The van der Waals surface area contributed by atoms with Gasteiger partial charge in [0.05, 0.1) is 37.2 Å². The first-order valence-corrected chi connectivity index (χ1v) is 10.1. The van der Waals surface area contributed by atoms with E-state index in [-0.39, 0.29) is 26.6 Å². The summed E-state index contributed by atoms with van der Waals surface area (Å²) in [6.45, 7) is 3.87. The molecular formula is C19H20Cl3N5O3. The van der Waals surface area contributed by atoms with Crippen molar-refractivity contribution < 1.29 is 14.3 Å². The predicted molar refractivity (Wildman–Crippen MR) is 118 cm³/mol. The summed E-state index contributed by atoms with van der Waals surface area (Å²) in [6.07, 6.45) is 1.51. The van der Waals surface area contributed by atoms with Crippen LogP contribution in [-0.2, 0) is 11.3 Å². The molecule has 0 unspecified atom stereocenters. The molecular weight excluding hydrogens is 453 g/mol. The van der Waals surface area contributed by atoms with E-state index < -0.39 is 5.91 Å². The Morgan fingerprint density at radius 1 is 1.33 bits per heavy atom. The number of nitrogens with two attached hydrogens (primary N) is 1. The molecule has 8 nitrogen and oxygen atoms in total. The lowest BCUT2D eigenvalue weighted by molar-refractivity contribution is 0.0339. The van der Waals surface area contributed by atoms with Gasteiger partial charge in [-0.1, -0.05) is 34.8 Å². The van der Waals surface area contributed by atoms with Crippen molar-refractivity contribution in [3.63, 3.8) is 0 Å². The van der Waals surface area contributed by atoms with Crippen LogP contribution in [0.5, 0.6) is 5.75 Å². The Labute approximate surface area is 188 Å². The largest absolute Gasteiger partial charge is 0.496 e. The monoisotopic (exact) mass is 471 g/mol. The fraction of sp³-hybridized carbons (Fsp3) is 0.316. The van der Waals surface area contributed by atoms with E-state index in [1.54, 1.807) is 7.11 Å². The van der Waals surface area contributed by atoms with Crippen molar-refractivity contribution in [2.75, 3.05) is 39.1 Å². The molecule has 160 valence electrons. The van der Waals surface area contributed by atoms with Crippen LogP contribution in [-0.4, -0.2) is 55.4 Å². The molecule has 3 N–H and O–H groups in total. The molecule has 30 heavy (non-hydrogen) atoms. The lowest BCUT2D eigenvalue weighted by Gasteiger charge is -2.27. The van der Waals surface area contributed by atoms with E-state index in [4.69, 9.17) is 50.0 Å². The van der Waals surface area contributed by atoms with Crippen LogP contribution in [0.4, 0.5) is 5.69 Å². The van der Waals surface area contributed by atoms with E-state index in [2.05, 4.69) is 20.4 Å². The maximum Gasteiger partial charge on any atom is 0.291 e. The summed E-state index contributed by atoms with van der Waals surface area (Å²) in [4.78, 5) is 18.5. The number of rotatable bonds is 6. The van der Waals surface area contributed by atoms with Gasteiger partial charge in [0.1, 0.15) is 10.8 Å². The standard InChI is InChI=1S/C19H20Cl3N5O3/c1-29-13-3-2-11(8-12(13)10-27-4-6-30-7-5-27)9-24-26-19(28)17-14(20)16(23)15(21)18(22)25-17/h2-3,8-9H,4-7,10H2,1H3,(H2,23,25)(H,26,28). The Morgan fingerprint density at radius 3 is 2.77 bits per heavy atom. The maximum absolute atomic E-state index is 12.3. The molecule has 0 saturated carbocycles. The normalized spacial score (nSPS) is 14.8. The molecule has 1 amide bonds. The number of amides is 1. The zero-order valence-electron chi connectivity index (χ0n) is 16.1. The van der Waals surface area contributed by atoms with Gasteiger partial charge in [0.2, 0.25) is 0 Å². The van der Waals surface area contributed by atoms with Gasteiger partial charge in [-0.2, -0.15) is 5.10 Å². The second-order valence-electron chi connectivity index (χ2n) is 6.45. The van der Waals surface area contributed by atoms with Crippen molar-refractivity contribution in [1.82, 2.24) is 15.3 Å². The summed E-state index contributed by atoms with van der Waals surface area (Å²) < 4.78 is 10.8. The van der Waals surface area contributed by atoms with Gasteiger partial charge in [-0.3, -0.25) is 9.69 Å². The molecule has 1 aromatic carbocycles. The number of nitrogen functional groups attached to an aromatic ring is 1. The van der Waals surface area contributed by atoms with Crippen molar-refractivity contribution in [2.24, 2.45) is 5.10 Å². The molecule has 1 aromatic heterocycles. The second kappa shape index (κ2) is 10.3. The number of ether oxygens (including phenoxy) is 2. The summed E-state index contributed by atoms with van der Waals surface area (Å²) >= 11 is 17.8. The molecule has 2 heterocycles. The molecule has 11 heteroatoms. The summed E-state index contributed by atoms with van der Waals surface area (Å²) in [7, 11) is 1.63. The Balaban J connectivity index is 1.71. The summed E-state index contributed by atoms with van der Waals surface area (Å²) in [5, 5.41) is 3.76. The number of aromatic nitrogens is 1. The Hall–Kier alpha value is -2.10. The van der Waals surface area contributed by atoms with Crippen LogP contribution in [0.1, 0.15) is 21.6 Å². The number of hydrogen-bond acceptors (Lipinski definition) is 7. The minimum atomic E-state index is -0.663. The highest BCUT2D eigenvalue weighted by atomic mass is 35.5. The number of nitrogens with zero attached hydrogens (tertiary/aromatic N) is 3. The predicted octanol–water partition coefficient (Wildman–Crippen LogP) is 3.23. The first-order valence-electron chi connectivity index (χ1n) is 9.01. The third-order valence-corrected chi connectivity index (χ3v) is 5.60. The molecule has 0 bridgehead atoms. The number of hydrazone groups is 1. The fourth-order valence-electron chi connectivity index (χ4n) is 2.90. The zero-order chi connectivity index (χ0) is 21.7. The van der Waals surface area contributed by atoms with E-state index in [0.717, 1.165) is 36.5 Å². The number of hydrogen-bond donors (Lipinski definition) is 2. The SMILES string of the molecule is COc1ccc(C=NNC(=O)c2nc(Cl)c(Cl)c(N)c2Cl)cc1CN1CCOCC1. The molecule has 1 saturated heterocycles. The first kappa shape index (κ1) is 22.6. The third-order valence-electron chi connectivity index (χ3n) is 4.47. The Morgan fingerprint density at radius 2 is 2.07 bits per heavy atom. The van der Waals surface area contributed by atoms with Crippen LogP contribution < -0.4 is 15.9 Å². The van der Waals surface area contributed by atoms with E-state index >= 15 is 0 Å². The molecule has 2 aromatic rings. The number of pyridine rings is 1. The number of benzene rings is 1. The van der Waals surface area contributed by atoms with Crippen LogP contribution in [0, 0.1) is 0 Å². The molecule has 0 radical (unpaired) electrons. The lowest BCUT2D eigenvalue weighted by atomic mass is 10.1. The van der Waals surface area contributed by atoms with Crippen molar-refractivity contribution >= 4 is 52.6 Å². The van der Waals surface area contributed by atoms with Gasteiger partial charge in [0.25, 0.3) is 5.91 Å². The van der Waals surface area contributed by atoms with Crippen molar-refractivity contribution in [2.45, 2.75) is 6.54 Å². The minimum Gasteiger partial charge on any atom is -0.496 e. The van der Waals surface area contributed by atoms with E-state index in [1.165, 1.54) is 6.21 Å². The van der Waals surface area contributed by atoms with Crippen LogP contribution in [0.15, 0.2) is 23.3 Å². The van der Waals surface area contributed by atoms with Gasteiger partial charge < -0.3 is 15.2 Å². The smallest absolute Gasteiger partial charge is 0.291 e. The van der Waals surface area contributed by atoms with Gasteiger partial charge in [0, 0.05) is 25.2 Å². The lowest BCUT2D eigenvalue weighted by Crippen LogP contribution is -2.35. The van der Waals surface area contributed by atoms with Gasteiger partial charge >= 0.3 is 0 Å². The first-order chi connectivity index (χ1) is 14.4. The second-order valence-corrected chi connectivity index (χ2v) is 7.57. The summed E-state index contributed by atoms with van der Waals surface area (Å²) in [6, 6.07) is 5.64. The number of methoxy groups -OCH3 is 1. The zero-order valence-corrected chi connectivity index (χ0v) is 18.4. The molecule has 1 fully saturated rings. The molecule has 1 aliphatic rings. The molecule has 0 atom stereocenters. The average molecular weight is 473 g/mol. The molecule has 0 spiro atoms. The Kier molecular flexibility index (Phi) is 7.74. The maximum atomic E-state index is 12.3. The van der Waals surface area contributed by atoms with Gasteiger partial charge in [-0.25, -0.2) is 10.4 Å². The minimum absolute atomic E-state index is 0.00671. The van der Waals surface area contributed by atoms with Crippen LogP contribution in [0.2, 0.25) is 15.2 Å². The number of carbonyl (C=O) groups excluding carboxylic acids is 1. The number of anilines is 1. The number of carbonyl (C=O) groups is 1. The number of morpholine rings is 1. The fourth-order valence-corrected chi connectivity index (χ4v) is 3.50. The van der Waals surface area contributed by atoms with Crippen molar-refractivity contribution in [3.05, 3.63) is 50.2 Å². The number of nitrogens with one attached hydrogen (secondary N) is 1.